The topological polar surface area (TPSA) is 26.0 Å². The van der Waals surface area contributed by atoms with E-state index in [0.29, 0.717) is 6.04 Å². The number of halogens is 1. The average molecular weight is 280 g/mol. The normalized spacial score (nSPS) is 13.2. The molecule has 1 rings (SSSR count). The first kappa shape index (κ1) is 11.6. The van der Waals surface area contributed by atoms with Crippen LogP contribution in [-0.4, -0.2) is 11.8 Å². The van der Waals surface area contributed by atoms with E-state index >= 15 is 0 Å². The molecule has 0 aliphatic heterocycles. The molecule has 0 amide bonds. The lowest BCUT2D eigenvalue weighted by Gasteiger charge is -2.03. The minimum Gasteiger partial charge on any atom is -0.328 e. The minimum atomic E-state index is 0.335. The van der Waals surface area contributed by atoms with E-state index in [1.165, 1.54) is 9.35 Å². The van der Waals surface area contributed by atoms with Gasteiger partial charge in [0.2, 0.25) is 0 Å². The summed E-state index contributed by atoms with van der Waals surface area (Å²) in [5, 5.41) is 2.20. The van der Waals surface area contributed by atoms with Crippen molar-refractivity contribution in [1.82, 2.24) is 0 Å². The third-order valence-corrected chi connectivity index (χ3v) is 4.22. The van der Waals surface area contributed by atoms with Crippen LogP contribution in [0.5, 0.6) is 0 Å². The number of thiophene rings is 1. The van der Waals surface area contributed by atoms with Crippen LogP contribution in [0, 0.1) is 0 Å². The lowest BCUT2D eigenvalue weighted by Crippen LogP contribution is -2.15. The van der Waals surface area contributed by atoms with Crippen molar-refractivity contribution in [3.05, 3.63) is 20.8 Å². The molecule has 13 heavy (non-hydrogen) atoms. The van der Waals surface area contributed by atoms with Gasteiger partial charge in [0.25, 0.3) is 0 Å². The highest BCUT2D eigenvalue weighted by Gasteiger charge is 1.98. The molecule has 1 nitrogen and oxygen atoms in total. The molecule has 0 fully saturated rings. The number of rotatable bonds is 5. The molecule has 0 radical (unpaired) electrons. The number of nitrogens with two attached hydrogens (primary N) is 1. The zero-order valence-corrected chi connectivity index (χ0v) is 10.8. The average Bonchev–Trinajstić information content (AvgIpc) is 2.45. The van der Waals surface area contributed by atoms with Gasteiger partial charge in [0, 0.05) is 11.8 Å². The van der Waals surface area contributed by atoms with Crippen LogP contribution < -0.4 is 5.73 Å². The molecule has 0 saturated heterocycles. The van der Waals surface area contributed by atoms with Gasteiger partial charge in [-0.2, -0.15) is 11.8 Å². The predicted octanol–water partition coefficient (Wildman–Crippen LogP) is 3.48. The summed E-state index contributed by atoms with van der Waals surface area (Å²) in [5.41, 5.74) is 7.07. The van der Waals surface area contributed by atoms with E-state index < -0.39 is 0 Å². The van der Waals surface area contributed by atoms with Crippen molar-refractivity contribution in [3.63, 3.8) is 0 Å². The van der Waals surface area contributed by atoms with Gasteiger partial charge in [0.15, 0.2) is 0 Å². The molecule has 1 aromatic heterocycles. The Morgan fingerprint density at radius 2 is 2.46 bits per heavy atom. The number of hydrogen-bond donors (Lipinski definition) is 1. The Morgan fingerprint density at radius 1 is 1.69 bits per heavy atom. The largest absolute Gasteiger partial charge is 0.328 e. The van der Waals surface area contributed by atoms with E-state index in [1.807, 2.05) is 11.8 Å². The van der Waals surface area contributed by atoms with E-state index in [2.05, 4.69) is 34.3 Å². The van der Waals surface area contributed by atoms with E-state index in [9.17, 15) is 0 Å². The Hall–Kier alpha value is 0.490. The Balaban J connectivity index is 2.13. The highest BCUT2D eigenvalue weighted by molar-refractivity contribution is 9.11. The van der Waals surface area contributed by atoms with Crippen molar-refractivity contribution in [2.45, 2.75) is 25.1 Å². The maximum absolute atomic E-state index is 5.66. The van der Waals surface area contributed by atoms with Crippen molar-refractivity contribution in [3.8, 4) is 0 Å². The van der Waals surface area contributed by atoms with Crippen molar-refractivity contribution < 1.29 is 0 Å². The van der Waals surface area contributed by atoms with Crippen LogP contribution in [0.1, 0.15) is 18.9 Å². The first-order valence-electron chi connectivity index (χ1n) is 4.24. The van der Waals surface area contributed by atoms with Gasteiger partial charge >= 0.3 is 0 Å². The Kier molecular flexibility index (Phi) is 5.39. The quantitative estimate of drug-likeness (QED) is 0.836. The van der Waals surface area contributed by atoms with Gasteiger partial charge in [-0.3, -0.25) is 0 Å². The molecular weight excluding hydrogens is 266 g/mol. The highest BCUT2D eigenvalue weighted by atomic mass is 79.9. The molecule has 0 bridgehead atoms. The summed E-state index contributed by atoms with van der Waals surface area (Å²) in [6.07, 6.45) is 1.11. The summed E-state index contributed by atoms with van der Waals surface area (Å²) in [5.74, 6) is 2.26. The molecule has 1 unspecified atom stereocenters. The van der Waals surface area contributed by atoms with Crippen LogP contribution in [0.25, 0.3) is 0 Å². The molecule has 1 atom stereocenters. The van der Waals surface area contributed by atoms with E-state index in [4.69, 9.17) is 5.73 Å². The molecule has 0 saturated carbocycles. The van der Waals surface area contributed by atoms with Crippen LogP contribution in [0.4, 0.5) is 0 Å². The smallest absolute Gasteiger partial charge is 0.0701 e. The van der Waals surface area contributed by atoms with Gasteiger partial charge < -0.3 is 5.73 Å². The molecular formula is C9H14BrNS2. The molecule has 0 aromatic carbocycles. The van der Waals surface area contributed by atoms with E-state index in [-0.39, 0.29) is 0 Å². The summed E-state index contributed by atoms with van der Waals surface area (Å²) in [6.45, 7) is 2.06. The second-order valence-corrected chi connectivity index (χ2v) is 6.47. The fourth-order valence-corrected chi connectivity index (χ4v) is 3.28. The van der Waals surface area contributed by atoms with Gasteiger partial charge in [0.1, 0.15) is 0 Å². The van der Waals surface area contributed by atoms with Crippen molar-refractivity contribution >= 4 is 39.0 Å². The summed E-state index contributed by atoms with van der Waals surface area (Å²) in [4.78, 5) is 0. The van der Waals surface area contributed by atoms with Crippen molar-refractivity contribution in [2.24, 2.45) is 5.73 Å². The minimum absolute atomic E-state index is 0.335. The van der Waals surface area contributed by atoms with Gasteiger partial charge in [-0.25, -0.2) is 0 Å². The van der Waals surface area contributed by atoms with Crippen LogP contribution in [0.15, 0.2) is 15.2 Å². The SMILES string of the molecule is CC(N)CCSCc1csc(Br)c1. The van der Waals surface area contributed by atoms with Gasteiger partial charge in [-0.1, -0.05) is 0 Å². The Morgan fingerprint density at radius 3 is 3.00 bits per heavy atom. The molecule has 1 aromatic rings. The fourth-order valence-electron chi connectivity index (χ4n) is 0.881. The first-order valence-corrected chi connectivity index (χ1v) is 7.07. The molecule has 1 heterocycles. The fraction of sp³-hybridized carbons (Fsp3) is 0.556. The number of hydrogen-bond acceptors (Lipinski definition) is 3. The predicted molar refractivity (Wildman–Crippen MR) is 66.4 cm³/mol. The van der Waals surface area contributed by atoms with Crippen molar-refractivity contribution in [2.75, 3.05) is 5.75 Å². The summed E-state index contributed by atoms with van der Waals surface area (Å²) in [6, 6.07) is 2.52. The molecule has 0 aliphatic carbocycles. The summed E-state index contributed by atoms with van der Waals surface area (Å²) < 4.78 is 1.22. The third kappa shape index (κ3) is 5.05. The van der Waals surface area contributed by atoms with Gasteiger partial charge in [0.05, 0.1) is 3.79 Å². The summed E-state index contributed by atoms with van der Waals surface area (Å²) in [7, 11) is 0. The van der Waals surface area contributed by atoms with Gasteiger partial charge in [-0.15, -0.1) is 11.3 Å². The molecule has 0 aliphatic rings. The van der Waals surface area contributed by atoms with Crippen LogP contribution in [0.3, 0.4) is 0 Å². The highest BCUT2D eigenvalue weighted by Crippen LogP contribution is 2.24. The lowest BCUT2D eigenvalue weighted by atomic mass is 10.3. The van der Waals surface area contributed by atoms with Crippen LogP contribution >= 0.6 is 39.0 Å². The van der Waals surface area contributed by atoms with Crippen LogP contribution in [-0.2, 0) is 5.75 Å². The van der Waals surface area contributed by atoms with E-state index in [1.54, 1.807) is 11.3 Å². The van der Waals surface area contributed by atoms with Crippen LogP contribution in [0.2, 0.25) is 0 Å². The summed E-state index contributed by atoms with van der Waals surface area (Å²) >= 11 is 7.15. The maximum atomic E-state index is 5.66. The first-order chi connectivity index (χ1) is 6.18. The Bertz CT molecular complexity index is 248. The molecule has 2 N–H and O–H groups in total. The second kappa shape index (κ2) is 6.06. The Labute approximate surface area is 96.2 Å². The lowest BCUT2D eigenvalue weighted by molar-refractivity contribution is 0.721. The number of thioether (sulfide) groups is 1. The molecule has 4 heteroatoms. The standard InChI is InChI=1S/C9H14BrNS2/c1-7(11)2-3-12-5-8-4-9(10)13-6-8/h4,6-7H,2-3,5,11H2,1H3. The monoisotopic (exact) mass is 279 g/mol. The zero-order chi connectivity index (χ0) is 9.68. The third-order valence-electron chi connectivity index (χ3n) is 1.61. The zero-order valence-electron chi connectivity index (χ0n) is 7.63. The van der Waals surface area contributed by atoms with Gasteiger partial charge in [-0.05, 0) is 52.0 Å². The molecule has 74 valence electrons. The van der Waals surface area contributed by atoms with Crippen molar-refractivity contribution in [1.29, 1.82) is 0 Å². The van der Waals surface area contributed by atoms with E-state index in [0.717, 1.165) is 17.9 Å². The maximum Gasteiger partial charge on any atom is 0.0701 e. The molecule has 0 spiro atoms. The second-order valence-electron chi connectivity index (χ2n) is 3.08.